The monoisotopic (exact) mass is 349 g/mol. The minimum atomic E-state index is -0.259. The lowest BCUT2D eigenvalue weighted by Crippen LogP contribution is -2.17. The highest BCUT2D eigenvalue weighted by Crippen LogP contribution is 2.35. The first-order chi connectivity index (χ1) is 13.3. The second-order valence-corrected chi connectivity index (χ2v) is 6.45. The first-order valence-electron chi connectivity index (χ1n) is 8.71. The number of benzene rings is 4. The van der Waals surface area contributed by atoms with Crippen LogP contribution in [0.2, 0.25) is 0 Å². The van der Waals surface area contributed by atoms with E-state index in [1.807, 2.05) is 0 Å². The highest BCUT2D eigenvalue weighted by Gasteiger charge is 2.10. The van der Waals surface area contributed by atoms with Crippen molar-refractivity contribution in [3.63, 3.8) is 0 Å². The molecule has 4 heteroatoms. The van der Waals surface area contributed by atoms with E-state index in [0.29, 0.717) is 5.56 Å². The van der Waals surface area contributed by atoms with E-state index in [1.165, 1.54) is 26.9 Å². The van der Waals surface area contributed by atoms with Crippen molar-refractivity contribution in [1.82, 2.24) is 10.4 Å². The summed E-state index contributed by atoms with van der Waals surface area (Å²) in [4.78, 5) is 16.1. The van der Waals surface area contributed by atoms with Gasteiger partial charge in [0.25, 0.3) is 5.91 Å². The molecule has 5 aromatic rings. The molecule has 0 aliphatic carbocycles. The third-order valence-corrected chi connectivity index (χ3v) is 4.85. The fraction of sp³-hybridized carbons (Fsp3) is 0. The van der Waals surface area contributed by atoms with Crippen molar-refractivity contribution in [1.29, 1.82) is 0 Å². The maximum Gasteiger partial charge on any atom is 0.271 e. The van der Waals surface area contributed by atoms with E-state index in [-0.39, 0.29) is 5.91 Å². The summed E-state index contributed by atoms with van der Waals surface area (Å²) in [6, 6.07) is 22.3. The van der Waals surface area contributed by atoms with Gasteiger partial charge < -0.3 is 0 Å². The molecule has 0 aliphatic heterocycles. The lowest BCUT2D eigenvalue weighted by Gasteiger charge is -2.12. The van der Waals surface area contributed by atoms with Gasteiger partial charge in [-0.3, -0.25) is 9.78 Å². The van der Waals surface area contributed by atoms with Gasteiger partial charge in [-0.25, -0.2) is 5.43 Å². The Balaban J connectivity index is 1.60. The molecule has 128 valence electrons. The Hall–Kier alpha value is -3.79. The molecule has 0 radical (unpaired) electrons. The number of aromatic nitrogens is 1. The average molecular weight is 349 g/mol. The molecule has 27 heavy (non-hydrogen) atoms. The van der Waals surface area contributed by atoms with E-state index in [1.54, 1.807) is 30.7 Å². The number of amides is 1. The van der Waals surface area contributed by atoms with Gasteiger partial charge in [-0.2, -0.15) is 5.10 Å². The molecule has 5 rings (SSSR count). The second-order valence-electron chi connectivity index (χ2n) is 6.45. The van der Waals surface area contributed by atoms with Gasteiger partial charge in [0.05, 0.1) is 6.21 Å². The summed E-state index contributed by atoms with van der Waals surface area (Å²) in [5, 5.41) is 11.4. The number of nitrogens with zero attached hydrogens (tertiary/aromatic N) is 2. The third-order valence-electron chi connectivity index (χ3n) is 4.85. The van der Waals surface area contributed by atoms with Gasteiger partial charge in [0.15, 0.2) is 0 Å². The van der Waals surface area contributed by atoms with Crippen LogP contribution < -0.4 is 5.43 Å². The van der Waals surface area contributed by atoms with Crippen molar-refractivity contribution in [2.45, 2.75) is 0 Å². The van der Waals surface area contributed by atoms with Crippen LogP contribution in [0.15, 0.2) is 84.2 Å². The quantitative estimate of drug-likeness (QED) is 0.290. The molecule has 4 aromatic carbocycles. The Morgan fingerprint density at radius 2 is 1.56 bits per heavy atom. The van der Waals surface area contributed by atoms with Crippen molar-refractivity contribution >= 4 is 44.4 Å². The zero-order valence-electron chi connectivity index (χ0n) is 14.4. The Labute approximate surface area is 155 Å². The molecule has 0 unspecified atom stereocenters. The van der Waals surface area contributed by atoms with Crippen LogP contribution in [-0.4, -0.2) is 17.1 Å². The molecule has 1 aromatic heterocycles. The van der Waals surface area contributed by atoms with Gasteiger partial charge in [0, 0.05) is 23.5 Å². The summed E-state index contributed by atoms with van der Waals surface area (Å²) in [6.07, 6.45) is 4.88. The topological polar surface area (TPSA) is 54.4 Å². The average Bonchev–Trinajstić information content (AvgIpc) is 2.73. The zero-order valence-corrected chi connectivity index (χ0v) is 14.4. The lowest BCUT2D eigenvalue weighted by molar-refractivity contribution is 0.0955. The number of hydrazone groups is 1. The van der Waals surface area contributed by atoms with E-state index in [4.69, 9.17) is 0 Å². The normalized spacial score (nSPS) is 11.7. The van der Waals surface area contributed by atoms with Crippen LogP contribution in [0.1, 0.15) is 15.9 Å². The van der Waals surface area contributed by atoms with E-state index >= 15 is 0 Å². The predicted octanol–water partition coefficient (Wildman–Crippen LogP) is 4.74. The predicted molar refractivity (Wildman–Crippen MR) is 109 cm³/mol. The van der Waals surface area contributed by atoms with Crippen LogP contribution in [0.25, 0.3) is 32.3 Å². The Morgan fingerprint density at radius 1 is 0.852 bits per heavy atom. The number of hydrogen-bond acceptors (Lipinski definition) is 3. The van der Waals surface area contributed by atoms with E-state index in [2.05, 4.69) is 70.1 Å². The van der Waals surface area contributed by atoms with Gasteiger partial charge in [0.1, 0.15) is 0 Å². The molecule has 1 N–H and O–H groups in total. The smallest absolute Gasteiger partial charge is 0.267 e. The number of carbonyl (C=O) groups is 1. The van der Waals surface area contributed by atoms with Gasteiger partial charge >= 0.3 is 0 Å². The van der Waals surface area contributed by atoms with Crippen LogP contribution in [0.5, 0.6) is 0 Å². The molecular formula is C23H15N3O. The molecule has 4 nitrogen and oxygen atoms in total. The summed E-state index contributed by atoms with van der Waals surface area (Å²) < 4.78 is 0. The van der Waals surface area contributed by atoms with E-state index in [9.17, 15) is 4.79 Å². The molecule has 0 bridgehead atoms. The molecular weight excluding hydrogens is 334 g/mol. The molecule has 1 amide bonds. The van der Waals surface area contributed by atoms with Crippen molar-refractivity contribution < 1.29 is 4.79 Å². The van der Waals surface area contributed by atoms with Crippen LogP contribution in [0, 0.1) is 0 Å². The Morgan fingerprint density at radius 3 is 2.37 bits per heavy atom. The van der Waals surface area contributed by atoms with Gasteiger partial charge in [-0.1, -0.05) is 48.5 Å². The fourth-order valence-corrected chi connectivity index (χ4v) is 3.63. The first kappa shape index (κ1) is 15.5. The van der Waals surface area contributed by atoms with E-state index < -0.39 is 0 Å². The summed E-state index contributed by atoms with van der Waals surface area (Å²) in [6.45, 7) is 0. The number of hydrogen-bond donors (Lipinski definition) is 1. The third kappa shape index (κ3) is 2.59. The number of rotatable bonds is 3. The molecule has 0 saturated carbocycles. The summed E-state index contributed by atoms with van der Waals surface area (Å²) in [5.74, 6) is -0.259. The van der Waals surface area contributed by atoms with Crippen LogP contribution in [-0.2, 0) is 0 Å². The highest BCUT2D eigenvalue weighted by molar-refractivity contribution is 6.26. The van der Waals surface area contributed by atoms with Gasteiger partial charge in [-0.05, 0) is 50.5 Å². The minimum Gasteiger partial charge on any atom is -0.267 e. The minimum absolute atomic E-state index is 0.259. The summed E-state index contributed by atoms with van der Waals surface area (Å²) in [5.41, 5.74) is 4.09. The zero-order chi connectivity index (χ0) is 18.2. The second kappa shape index (κ2) is 6.18. The SMILES string of the molecule is O=C(NN=Cc1cc2cccc3ccc4cccc1c4c32)c1ccncc1. The maximum absolute atomic E-state index is 12.2. The van der Waals surface area contributed by atoms with Crippen molar-refractivity contribution in [2.24, 2.45) is 5.10 Å². The molecule has 1 heterocycles. The number of nitrogens with one attached hydrogen (secondary N) is 1. The van der Waals surface area contributed by atoms with Crippen molar-refractivity contribution in [2.75, 3.05) is 0 Å². The van der Waals surface area contributed by atoms with Crippen LogP contribution in [0.3, 0.4) is 0 Å². The van der Waals surface area contributed by atoms with Gasteiger partial charge in [-0.15, -0.1) is 0 Å². The highest BCUT2D eigenvalue weighted by atomic mass is 16.2. The summed E-state index contributed by atoms with van der Waals surface area (Å²) in [7, 11) is 0. The standard InChI is InChI=1S/C23H15N3O/c27-23(17-9-11-24-12-10-17)26-25-14-19-13-18-5-1-3-15-7-8-16-4-2-6-20(19)22(16)21(15)18/h1-14H,(H,26,27). The van der Waals surface area contributed by atoms with Gasteiger partial charge in [0.2, 0.25) is 0 Å². The molecule has 0 spiro atoms. The molecule has 0 atom stereocenters. The summed E-state index contributed by atoms with van der Waals surface area (Å²) >= 11 is 0. The first-order valence-corrected chi connectivity index (χ1v) is 8.71. The molecule has 0 aliphatic rings. The number of pyridine rings is 1. The largest absolute Gasteiger partial charge is 0.271 e. The van der Waals surface area contributed by atoms with Crippen LogP contribution >= 0.6 is 0 Å². The van der Waals surface area contributed by atoms with Crippen molar-refractivity contribution in [3.05, 3.63) is 90.3 Å². The lowest BCUT2D eigenvalue weighted by atomic mass is 9.92. The molecule has 0 fully saturated rings. The Bertz CT molecular complexity index is 1310. The molecule has 0 saturated heterocycles. The maximum atomic E-state index is 12.2. The Kier molecular flexibility index (Phi) is 3.54. The fourth-order valence-electron chi connectivity index (χ4n) is 3.63. The number of carbonyl (C=O) groups excluding carboxylic acids is 1. The van der Waals surface area contributed by atoms with Crippen LogP contribution in [0.4, 0.5) is 0 Å². The van der Waals surface area contributed by atoms with Crippen molar-refractivity contribution in [3.8, 4) is 0 Å². The van der Waals surface area contributed by atoms with E-state index in [0.717, 1.165) is 10.9 Å².